The van der Waals surface area contributed by atoms with Crippen LogP contribution >= 0.6 is 0 Å². The molecule has 0 amide bonds. The monoisotopic (exact) mass is 170 g/mol. The van der Waals surface area contributed by atoms with Crippen molar-refractivity contribution in [1.29, 1.82) is 5.26 Å². The van der Waals surface area contributed by atoms with E-state index in [0.29, 0.717) is 0 Å². The molecule has 0 saturated carbocycles. The van der Waals surface area contributed by atoms with Gasteiger partial charge in [-0.25, -0.2) is 4.39 Å². The molecule has 0 aliphatic carbocycles. The van der Waals surface area contributed by atoms with Gasteiger partial charge in [-0.05, 0) is 39.8 Å². The Morgan fingerprint density at radius 1 is 1.42 bits per heavy atom. The van der Waals surface area contributed by atoms with E-state index in [0.717, 1.165) is 25.9 Å². The second kappa shape index (κ2) is 3.40. The number of rotatable bonds is 2. The highest BCUT2D eigenvalue weighted by Crippen LogP contribution is 2.23. The summed E-state index contributed by atoms with van der Waals surface area (Å²) in [6, 6.07) is 1.47. The summed E-state index contributed by atoms with van der Waals surface area (Å²) in [6.45, 7) is 4.68. The zero-order chi connectivity index (χ0) is 9.19. The summed E-state index contributed by atoms with van der Waals surface area (Å²) in [4.78, 5) is 1.93. The Kier molecular flexibility index (Phi) is 2.69. The summed E-state index contributed by atoms with van der Waals surface area (Å²) in [5, 5.41) is 8.79. The van der Waals surface area contributed by atoms with Crippen LogP contribution in [0, 0.1) is 11.3 Å². The Morgan fingerprint density at radius 3 is 2.25 bits per heavy atom. The Hall–Kier alpha value is -0.620. The maximum Gasteiger partial charge on any atom is 0.134 e. The molecule has 0 N–H and O–H groups in total. The second-order valence-electron chi connectivity index (χ2n) is 3.84. The van der Waals surface area contributed by atoms with E-state index in [2.05, 4.69) is 0 Å². The van der Waals surface area contributed by atoms with E-state index in [1.165, 1.54) is 13.8 Å². The lowest BCUT2D eigenvalue weighted by atomic mass is 10.0. The molecule has 3 heteroatoms. The predicted octanol–water partition coefficient (Wildman–Crippen LogP) is 1.72. The van der Waals surface area contributed by atoms with Crippen molar-refractivity contribution < 1.29 is 4.39 Å². The number of nitriles is 1. The van der Waals surface area contributed by atoms with Gasteiger partial charge in [0.1, 0.15) is 11.7 Å². The minimum atomic E-state index is -1.40. The van der Waals surface area contributed by atoms with Crippen LogP contribution in [0.4, 0.5) is 4.39 Å². The molecular formula is C9H15FN2. The number of halogens is 1. The Labute approximate surface area is 73.0 Å². The standard InChI is InChI=1S/C9H15FN2/c1-9(2,10)8(7-11)12-5-3-4-6-12/h8H,3-6H2,1-2H3. The summed E-state index contributed by atoms with van der Waals surface area (Å²) in [7, 11) is 0. The van der Waals surface area contributed by atoms with Crippen molar-refractivity contribution in [2.24, 2.45) is 0 Å². The van der Waals surface area contributed by atoms with Crippen molar-refractivity contribution in [1.82, 2.24) is 4.90 Å². The van der Waals surface area contributed by atoms with Crippen LogP contribution in [0.3, 0.4) is 0 Å². The maximum atomic E-state index is 13.4. The average molecular weight is 170 g/mol. The third-order valence-electron chi connectivity index (χ3n) is 2.28. The largest absolute Gasteiger partial charge is 0.285 e. The normalized spacial score (nSPS) is 22.2. The van der Waals surface area contributed by atoms with Crippen molar-refractivity contribution in [3.63, 3.8) is 0 Å². The molecule has 0 bridgehead atoms. The number of hydrogen-bond acceptors (Lipinski definition) is 2. The van der Waals surface area contributed by atoms with Crippen LogP contribution in [0.2, 0.25) is 0 Å². The van der Waals surface area contributed by atoms with Crippen LogP contribution < -0.4 is 0 Å². The van der Waals surface area contributed by atoms with Gasteiger partial charge in [0.15, 0.2) is 0 Å². The summed E-state index contributed by atoms with van der Waals surface area (Å²) >= 11 is 0. The molecule has 0 aromatic heterocycles. The van der Waals surface area contributed by atoms with Gasteiger partial charge in [-0.1, -0.05) is 0 Å². The van der Waals surface area contributed by atoms with Crippen LogP contribution in [0.5, 0.6) is 0 Å². The Bertz CT molecular complexity index is 184. The van der Waals surface area contributed by atoms with E-state index in [1.54, 1.807) is 0 Å². The summed E-state index contributed by atoms with van der Waals surface area (Å²) in [5.41, 5.74) is -1.40. The smallest absolute Gasteiger partial charge is 0.134 e. The van der Waals surface area contributed by atoms with Gasteiger partial charge in [-0.3, -0.25) is 4.90 Å². The van der Waals surface area contributed by atoms with Gasteiger partial charge in [0.05, 0.1) is 6.07 Å². The number of hydrogen-bond donors (Lipinski definition) is 0. The first-order valence-electron chi connectivity index (χ1n) is 4.38. The average Bonchev–Trinajstić information content (AvgIpc) is 2.38. The molecular weight excluding hydrogens is 155 g/mol. The topological polar surface area (TPSA) is 27.0 Å². The fourth-order valence-electron chi connectivity index (χ4n) is 1.67. The Balaban J connectivity index is 2.63. The van der Waals surface area contributed by atoms with Crippen molar-refractivity contribution in [2.45, 2.75) is 38.4 Å². The molecule has 68 valence electrons. The SMILES string of the molecule is CC(C)(F)C(C#N)N1CCCC1. The van der Waals surface area contributed by atoms with Gasteiger partial charge in [0, 0.05) is 0 Å². The fourth-order valence-corrected chi connectivity index (χ4v) is 1.67. The van der Waals surface area contributed by atoms with E-state index in [1.807, 2.05) is 11.0 Å². The molecule has 1 heterocycles. The van der Waals surface area contributed by atoms with Crippen LogP contribution in [0.15, 0.2) is 0 Å². The maximum absolute atomic E-state index is 13.4. The van der Waals surface area contributed by atoms with Crippen LogP contribution in [-0.4, -0.2) is 29.7 Å². The highest BCUT2D eigenvalue weighted by molar-refractivity contribution is 5.03. The van der Waals surface area contributed by atoms with Crippen molar-refractivity contribution in [3.05, 3.63) is 0 Å². The summed E-state index contributed by atoms with van der Waals surface area (Å²) in [6.07, 6.45) is 2.18. The highest BCUT2D eigenvalue weighted by Gasteiger charge is 2.35. The zero-order valence-corrected chi connectivity index (χ0v) is 7.68. The summed E-state index contributed by atoms with van der Waals surface area (Å²) < 4.78 is 13.4. The summed E-state index contributed by atoms with van der Waals surface area (Å²) in [5.74, 6) is 0. The second-order valence-corrected chi connectivity index (χ2v) is 3.84. The minimum Gasteiger partial charge on any atom is -0.285 e. The van der Waals surface area contributed by atoms with Crippen molar-refractivity contribution in [2.75, 3.05) is 13.1 Å². The fraction of sp³-hybridized carbons (Fsp3) is 0.889. The molecule has 0 aromatic carbocycles. The van der Waals surface area contributed by atoms with Crippen LogP contribution in [0.1, 0.15) is 26.7 Å². The molecule has 1 aliphatic rings. The van der Waals surface area contributed by atoms with E-state index in [-0.39, 0.29) is 0 Å². The number of likely N-dealkylation sites (tertiary alicyclic amines) is 1. The lowest BCUT2D eigenvalue weighted by Crippen LogP contribution is -2.44. The number of nitrogens with zero attached hydrogens (tertiary/aromatic N) is 2. The van der Waals surface area contributed by atoms with E-state index >= 15 is 0 Å². The zero-order valence-electron chi connectivity index (χ0n) is 7.68. The van der Waals surface area contributed by atoms with Crippen molar-refractivity contribution >= 4 is 0 Å². The molecule has 0 spiro atoms. The molecule has 0 radical (unpaired) electrons. The first kappa shape index (κ1) is 9.47. The van der Waals surface area contributed by atoms with Gasteiger partial charge < -0.3 is 0 Å². The van der Waals surface area contributed by atoms with Crippen LogP contribution in [0.25, 0.3) is 0 Å². The first-order chi connectivity index (χ1) is 5.55. The molecule has 0 aromatic rings. The molecule has 1 unspecified atom stereocenters. The molecule has 1 atom stereocenters. The molecule has 1 aliphatic heterocycles. The van der Waals surface area contributed by atoms with Crippen LogP contribution in [-0.2, 0) is 0 Å². The molecule has 12 heavy (non-hydrogen) atoms. The third kappa shape index (κ3) is 1.95. The van der Waals surface area contributed by atoms with Crippen molar-refractivity contribution in [3.8, 4) is 6.07 Å². The Morgan fingerprint density at radius 2 is 1.92 bits per heavy atom. The molecule has 1 rings (SSSR count). The van der Waals surface area contributed by atoms with Gasteiger partial charge in [-0.2, -0.15) is 5.26 Å². The highest BCUT2D eigenvalue weighted by atomic mass is 19.1. The lowest BCUT2D eigenvalue weighted by molar-refractivity contribution is 0.0998. The number of alkyl halides is 1. The minimum absolute atomic E-state index is 0.569. The predicted molar refractivity (Wildman–Crippen MR) is 45.4 cm³/mol. The molecule has 2 nitrogen and oxygen atoms in total. The third-order valence-corrected chi connectivity index (χ3v) is 2.28. The van der Waals surface area contributed by atoms with Gasteiger partial charge in [-0.15, -0.1) is 0 Å². The first-order valence-corrected chi connectivity index (χ1v) is 4.38. The van der Waals surface area contributed by atoms with Gasteiger partial charge in [0.2, 0.25) is 0 Å². The van der Waals surface area contributed by atoms with E-state index in [9.17, 15) is 4.39 Å². The van der Waals surface area contributed by atoms with Gasteiger partial charge in [0.25, 0.3) is 0 Å². The quantitative estimate of drug-likeness (QED) is 0.631. The lowest BCUT2D eigenvalue weighted by Gasteiger charge is -2.29. The molecule has 1 fully saturated rings. The van der Waals surface area contributed by atoms with E-state index in [4.69, 9.17) is 5.26 Å². The van der Waals surface area contributed by atoms with Gasteiger partial charge >= 0.3 is 0 Å². The van der Waals surface area contributed by atoms with E-state index < -0.39 is 11.7 Å². The molecule has 1 saturated heterocycles.